The number of hydrogen-bond donors (Lipinski definition) is 1. The van der Waals surface area contributed by atoms with Crippen molar-refractivity contribution in [3.05, 3.63) is 21.6 Å². The molecule has 0 radical (unpaired) electrons. The van der Waals surface area contributed by atoms with Gasteiger partial charge >= 0.3 is 0 Å². The lowest BCUT2D eigenvalue weighted by Gasteiger charge is -2.16. The van der Waals surface area contributed by atoms with Gasteiger partial charge in [0.25, 0.3) is 5.56 Å². The molecular formula is C10H18N2O. The first-order chi connectivity index (χ1) is 5.88. The fraction of sp³-hybridized carbons (Fsp3) is 0.700. The summed E-state index contributed by atoms with van der Waals surface area (Å²) >= 11 is 0. The Morgan fingerprint density at radius 2 is 1.92 bits per heavy atom. The first-order valence-electron chi connectivity index (χ1n) is 4.66. The molecule has 0 aliphatic rings. The van der Waals surface area contributed by atoms with Crippen molar-refractivity contribution in [2.24, 2.45) is 7.05 Å². The molecule has 1 rings (SSSR count). The lowest BCUT2D eigenvalue weighted by Crippen LogP contribution is -2.24. The van der Waals surface area contributed by atoms with Gasteiger partial charge in [0.05, 0.1) is 0 Å². The molecule has 0 aliphatic carbocycles. The smallest absolute Gasteiger partial charge is 0.270 e. The number of aromatic nitrogens is 2. The van der Waals surface area contributed by atoms with Gasteiger partial charge in [-0.15, -0.1) is 0 Å². The molecule has 0 unspecified atom stereocenters. The van der Waals surface area contributed by atoms with E-state index in [-0.39, 0.29) is 11.0 Å². The van der Waals surface area contributed by atoms with Gasteiger partial charge in [0, 0.05) is 18.3 Å². The maximum Gasteiger partial charge on any atom is 0.270 e. The summed E-state index contributed by atoms with van der Waals surface area (Å²) < 4.78 is 1.55. The molecule has 1 N–H and O–H groups in total. The molecular weight excluding hydrogens is 164 g/mol. The van der Waals surface area contributed by atoms with Gasteiger partial charge in [0.15, 0.2) is 0 Å². The normalized spacial score (nSPS) is 12.1. The van der Waals surface area contributed by atoms with E-state index in [2.05, 4.69) is 32.8 Å². The van der Waals surface area contributed by atoms with E-state index in [0.717, 1.165) is 17.7 Å². The Labute approximate surface area is 78.8 Å². The van der Waals surface area contributed by atoms with Gasteiger partial charge in [0.1, 0.15) is 0 Å². The average molecular weight is 182 g/mol. The van der Waals surface area contributed by atoms with Crippen molar-refractivity contribution in [1.29, 1.82) is 0 Å². The third kappa shape index (κ3) is 1.69. The van der Waals surface area contributed by atoms with E-state index in [4.69, 9.17) is 0 Å². The number of rotatable bonds is 1. The number of aromatic amines is 1. The van der Waals surface area contributed by atoms with Crippen molar-refractivity contribution in [2.75, 3.05) is 0 Å². The molecule has 0 saturated carbocycles. The molecule has 0 amide bonds. The van der Waals surface area contributed by atoms with Crippen LogP contribution in [-0.2, 0) is 18.9 Å². The second-order valence-electron chi connectivity index (χ2n) is 4.43. The first-order valence-corrected chi connectivity index (χ1v) is 4.66. The molecule has 74 valence electrons. The number of hydrogen-bond acceptors (Lipinski definition) is 1. The summed E-state index contributed by atoms with van der Waals surface area (Å²) in [5.74, 6) is 0. The van der Waals surface area contributed by atoms with Crippen LogP contribution in [0.25, 0.3) is 0 Å². The molecule has 13 heavy (non-hydrogen) atoms. The van der Waals surface area contributed by atoms with E-state index in [1.807, 2.05) is 0 Å². The van der Waals surface area contributed by atoms with Crippen LogP contribution in [0, 0.1) is 0 Å². The monoisotopic (exact) mass is 182 g/mol. The standard InChI is InChI=1S/C10H18N2O/c1-6-7-8(10(2,3)4)9(13)12(5)11-7/h11H,6H2,1-5H3. The Kier molecular flexibility index (Phi) is 2.37. The number of aryl methyl sites for hydroxylation is 2. The lowest BCUT2D eigenvalue weighted by atomic mass is 9.86. The summed E-state index contributed by atoms with van der Waals surface area (Å²) in [6.45, 7) is 8.25. The van der Waals surface area contributed by atoms with E-state index in [1.165, 1.54) is 0 Å². The highest BCUT2D eigenvalue weighted by atomic mass is 16.1. The summed E-state index contributed by atoms with van der Waals surface area (Å²) in [5, 5.41) is 3.07. The van der Waals surface area contributed by atoms with Gasteiger partial charge in [-0.2, -0.15) is 0 Å². The number of nitrogens with one attached hydrogen (secondary N) is 1. The molecule has 3 heteroatoms. The van der Waals surface area contributed by atoms with E-state index < -0.39 is 0 Å². The predicted octanol–water partition coefficient (Wildman–Crippen LogP) is 1.57. The van der Waals surface area contributed by atoms with Crippen molar-refractivity contribution < 1.29 is 0 Å². The van der Waals surface area contributed by atoms with E-state index in [9.17, 15) is 4.79 Å². The van der Waals surface area contributed by atoms with Gasteiger partial charge in [-0.3, -0.25) is 14.6 Å². The van der Waals surface area contributed by atoms with E-state index >= 15 is 0 Å². The minimum atomic E-state index is -0.0693. The maximum absolute atomic E-state index is 11.7. The van der Waals surface area contributed by atoms with Crippen molar-refractivity contribution in [3.63, 3.8) is 0 Å². The predicted molar refractivity (Wildman–Crippen MR) is 54.1 cm³/mol. The molecule has 0 aliphatic heterocycles. The largest absolute Gasteiger partial charge is 0.300 e. The minimum Gasteiger partial charge on any atom is -0.300 e. The summed E-state index contributed by atoms with van der Waals surface area (Å²) in [6.07, 6.45) is 0.878. The molecule has 0 bridgehead atoms. The first kappa shape index (κ1) is 10.1. The molecule has 1 aromatic heterocycles. The van der Waals surface area contributed by atoms with Crippen LogP contribution in [-0.4, -0.2) is 9.78 Å². The molecule has 0 spiro atoms. The Morgan fingerprint density at radius 3 is 2.23 bits per heavy atom. The Bertz CT molecular complexity index is 352. The fourth-order valence-electron chi connectivity index (χ4n) is 1.64. The zero-order valence-electron chi connectivity index (χ0n) is 9.06. The molecule has 0 aromatic carbocycles. The van der Waals surface area contributed by atoms with E-state index in [0.29, 0.717) is 0 Å². The highest BCUT2D eigenvalue weighted by molar-refractivity contribution is 5.25. The van der Waals surface area contributed by atoms with Crippen molar-refractivity contribution in [1.82, 2.24) is 9.78 Å². The third-order valence-corrected chi connectivity index (χ3v) is 2.23. The van der Waals surface area contributed by atoms with Crippen LogP contribution >= 0.6 is 0 Å². The summed E-state index contributed by atoms with van der Waals surface area (Å²) in [6, 6.07) is 0. The minimum absolute atomic E-state index is 0.0693. The lowest BCUT2D eigenvalue weighted by molar-refractivity contribution is 0.577. The summed E-state index contributed by atoms with van der Waals surface area (Å²) in [7, 11) is 1.76. The van der Waals surface area contributed by atoms with Crippen LogP contribution in [0.3, 0.4) is 0 Å². The van der Waals surface area contributed by atoms with Crippen LogP contribution in [0.2, 0.25) is 0 Å². The third-order valence-electron chi connectivity index (χ3n) is 2.23. The van der Waals surface area contributed by atoms with Crippen LogP contribution in [0.5, 0.6) is 0 Å². The van der Waals surface area contributed by atoms with Crippen LogP contribution in [0.15, 0.2) is 4.79 Å². The second kappa shape index (κ2) is 3.05. The Hall–Kier alpha value is -0.990. The van der Waals surface area contributed by atoms with Crippen LogP contribution in [0.1, 0.15) is 39.0 Å². The molecule has 1 aromatic rings. The van der Waals surface area contributed by atoms with Crippen LogP contribution < -0.4 is 5.56 Å². The molecule has 1 heterocycles. The average Bonchev–Trinajstić information content (AvgIpc) is 2.26. The molecule has 0 atom stereocenters. The molecule has 3 nitrogen and oxygen atoms in total. The molecule has 0 saturated heterocycles. The van der Waals surface area contributed by atoms with Crippen molar-refractivity contribution >= 4 is 0 Å². The van der Waals surface area contributed by atoms with Crippen LogP contribution in [0.4, 0.5) is 0 Å². The highest BCUT2D eigenvalue weighted by Crippen LogP contribution is 2.21. The zero-order valence-corrected chi connectivity index (χ0v) is 9.06. The van der Waals surface area contributed by atoms with Gasteiger partial charge in [-0.25, -0.2) is 0 Å². The van der Waals surface area contributed by atoms with Gasteiger partial charge in [-0.05, 0) is 11.8 Å². The number of nitrogens with zero attached hydrogens (tertiary/aromatic N) is 1. The quantitative estimate of drug-likeness (QED) is 0.703. The van der Waals surface area contributed by atoms with Crippen molar-refractivity contribution in [3.8, 4) is 0 Å². The van der Waals surface area contributed by atoms with Crippen molar-refractivity contribution in [2.45, 2.75) is 39.5 Å². The van der Waals surface area contributed by atoms with Gasteiger partial charge in [-0.1, -0.05) is 27.7 Å². The fourth-order valence-corrected chi connectivity index (χ4v) is 1.64. The van der Waals surface area contributed by atoms with Gasteiger partial charge in [0.2, 0.25) is 0 Å². The van der Waals surface area contributed by atoms with E-state index in [1.54, 1.807) is 11.7 Å². The second-order valence-corrected chi connectivity index (χ2v) is 4.43. The Balaban J connectivity index is 3.42. The summed E-state index contributed by atoms with van der Waals surface area (Å²) in [5.41, 5.74) is 2.00. The molecule has 0 fully saturated rings. The number of H-pyrrole nitrogens is 1. The topological polar surface area (TPSA) is 37.8 Å². The zero-order chi connectivity index (χ0) is 10.2. The summed E-state index contributed by atoms with van der Waals surface area (Å²) in [4.78, 5) is 11.7. The van der Waals surface area contributed by atoms with Gasteiger partial charge < -0.3 is 0 Å². The maximum atomic E-state index is 11.7. The SMILES string of the molecule is CCc1[nH]n(C)c(=O)c1C(C)(C)C. The Morgan fingerprint density at radius 1 is 1.38 bits per heavy atom. The highest BCUT2D eigenvalue weighted by Gasteiger charge is 2.23.